The SMILES string of the molecule is Cc1ccc(C(C)C)cc1OC(C)C(=O)NN=Cc1ccc(OCc2ccccc2)cc1. The second-order valence-corrected chi connectivity index (χ2v) is 8.02. The van der Waals surface area contributed by atoms with Gasteiger partial charge in [-0.05, 0) is 72.4 Å². The highest BCUT2D eigenvalue weighted by Crippen LogP contribution is 2.25. The number of amides is 1. The summed E-state index contributed by atoms with van der Waals surface area (Å²) in [6.07, 6.45) is 0.929. The number of aryl methyl sites for hydroxylation is 1. The fourth-order valence-corrected chi connectivity index (χ4v) is 3.00. The molecule has 5 heteroatoms. The minimum atomic E-state index is -0.665. The van der Waals surface area contributed by atoms with Crippen LogP contribution in [0, 0.1) is 6.92 Å². The summed E-state index contributed by atoms with van der Waals surface area (Å²) in [6, 6.07) is 23.6. The van der Waals surface area contributed by atoms with E-state index in [1.54, 1.807) is 13.1 Å². The van der Waals surface area contributed by atoms with Crippen molar-refractivity contribution in [3.05, 3.63) is 95.1 Å². The summed E-state index contributed by atoms with van der Waals surface area (Å²) >= 11 is 0. The third-order valence-electron chi connectivity index (χ3n) is 5.07. The van der Waals surface area contributed by atoms with Gasteiger partial charge in [0.05, 0.1) is 6.21 Å². The van der Waals surface area contributed by atoms with Crippen LogP contribution >= 0.6 is 0 Å². The van der Waals surface area contributed by atoms with E-state index in [1.165, 1.54) is 5.56 Å². The topological polar surface area (TPSA) is 59.9 Å². The molecule has 0 radical (unpaired) electrons. The number of carbonyl (C=O) groups is 1. The van der Waals surface area contributed by atoms with Crippen molar-refractivity contribution < 1.29 is 14.3 Å². The molecule has 0 bridgehead atoms. The summed E-state index contributed by atoms with van der Waals surface area (Å²) in [6.45, 7) is 8.45. The average molecular weight is 431 g/mol. The molecule has 0 aliphatic heterocycles. The van der Waals surface area contributed by atoms with Crippen LogP contribution in [-0.2, 0) is 11.4 Å². The number of rotatable bonds is 9. The molecule has 1 atom stereocenters. The van der Waals surface area contributed by atoms with Crippen molar-refractivity contribution in [2.24, 2.45) is 5.10 Å². The normalized spacial score (nSPS) is 12.0. The maximum Gasteiger partial charge on any atom is 0.280 e. The van der Waals surface area contributed by atoms with E-state index in [0.29, 0.717) is 18.3 Å². The van der Waals surface area contributed by atoms with Gasteiger partial charge in [-0.1, -0.05) is 56.3 Å². The number of benzene rings is 3. The molecule has 3 aromatic carbocycles. The molecule has 3 rings (SSSR count). The lowest BCUT2D eigenvalue weighted by Gasteiger charge is -2.16. The predicted molar refractivity (Wildman–Crippen MR) is 128 cm³/mol. The van der Waals surface area contributed by atoms with Crippen molar-refractivity contribution in [3.63, 3.8) is 0 Å². The van der Waals surface area contributed by atoms with Crippen molar-refractivity contribution in [1.29, 1.82) is 0 Å². The first-order valence-electron chi connectivity index (χ1n) is 10.8. The first kappa shape index (κ1) is 23.1. The van der Waals surface area contributed by atoms with Gasteiger partial charge in [-0.15, -0.1) is 0 Å². The van der Waals surface area contributed by atoms with Crippen LogP contribution in [0.5, 0.6) is 11.5 Å². The van der Waals surface area contributed by atoms with Gasteiger partial charge in [0.2, 0.25) is 0 Å². The molecule has 0 saturated carbocycles. The summed E-state index contributed by atoms with van der Waals surface area (Å²) in [5.41, 5.74) is 6.68. The molecule has 0 heterocycles. The van der Waals surface area contributed by atoms with Gasteiger partial charge in [0.15, 0.2) is 6.10 Å². The Labute approximate surface area is 190 Å². The Morgan fingerprint density at radius 2 is 1.72 bits per heavy atom. The standard InChI is InChI=1S/C27H30N2O3/c1-19(2)24-13-10-20(3)26(16-24)32-21(4)27(30)29-28-17-22-11-14-25(15-12-22)31-18-23-8-6-5-7-9-23/h5-17,19,21H,18H2,1-4H3,(H,29,30). The largest absolute Gasteiger partial charge is 0.489 e. The van der Waals surface area contributed by atoms with E-state index >= 15 is 0 Å². The molecule has 1 N–H and O–H groups in total. The highest BCUT2D eigenvalue weighted by Gasteiger charge is 2.15. The maximum absolute atomic E-state index is 12.4. The molecule has 32 heavy (non-hydrogen) atoms. The van der Waals surface area contributed by atoms with E-state index in [4.69, 9.17) is 9.47 Å². The Balaban J connectivity index is 1.49. The molecule has 0 aliphatic rings. The molecule has 5 nitrogen and oxygen atoms in total. The number of nitrogens with one attached hydrogen (secondary N) is 1. The summed E-state index contributed by atoms with van der Waals surface area (Å²) < 4.78 is 11.7. The third-order valence-corrected chi connectivity index (χ3v) is 5.07. The van der Waals surface area contributed by atoms with Crippen LogP contribution < -0.4 is 14.9 Å². The Bertz CT molecular complexity index is 1040. The fraction of sp³-hybridized carbons (Fsp3) is 0.259. The molecule has 1 unspecified atom stereocenters. The van der Waals surface area contributed by atoms with Gasteiger partial charge >= 0.3 is 0 Å². The van der Waals surface area contributed by atoms with Gasteiger partial charge in [0, 0.05) is 0 Å². The molecule has 166 valence electrons. The molecule has 0 aliphatic carbocycles. The van der Waals surface area contributed by atoms with Gasteiger partial charge < -0.3 is 9.47 Å². The lowest BCUT2D eigenvalue weighted by Crippen LogP contribution is -2.33. The van der Waals surface area contributed by atoms with Gasteiger partial charge in [-0.3, -0.25) is 4.79 Å². The zero-order chi connectivity index (χ0) is 22.9. The van der Waals surface area contributed by atoms with Crippen molar-refractivity contribution in [2.75, 3.05) is 0 Å². The van der Waals surface area contributed by atoms with E-state index in [9.17, 15) is 4.79 Å². The molecule has 1 amide bonds. The van der Waals surface area contributed by atoms with Crippen molar-refractivity contribution in [2.45, 2.75) is 46.3 Å². The number of hydrogen-bond donors (Lipinski definition) is 1. The van der Waals surface area contributed by atoms with Crippen molar-refractivity contribution in [1.82, 2.24) is 5.43 Å². The molecule has 0 spiro atoms. The van der Waals surface area contributed by atoms with Gasteiger partial charge in [0.25, 0.3) is 5.91 Å². The average Bonchev–Trinajstić information content (AvgIpc) is 2.80. The van der Waals surface area contributed by atoms with Gasteiger partial charge in [-0.25, -0.2) is 5.43 Å². The molecule has 0 fully saturated rings. The number of hydrogen-bond acceptors (Lipinski definition) is 4. The Morgan fingerprint density at radius 1 is 1.00 bits per heavy atom. The Morgan fingerprint density at radius 3 is 2.41 bits per heavy atom. The third kappa shape index (κ3) is 6.71. The predicted octanol–water partition coefficient (Wildman–Crippen LogP) is 5.62. The quantitative estimate of drug-likeness (QED) is 0.354. The van der Waals surface area contributed by atoms with Crippen LogP contribution in [0.4, 0.5) is 0 Å². The summed E-state index contributed by atoms with van der Waals surface area (Å²) in [5, 5.41) is 4.05. The summed E-state index contributed by atoms with van der Waals surface area (Å²) in [7, 11) is 0. The van der Waals surface area contributed by atoms with Crippen LogP contribution in [-0.4, -0.2) is 18.2 Å². The van der Waals surface area contributed by atoms with E-state index in [-0.39, 0.29) is 5.91 Å². The fourth-order valence-electron chi connectivity index (χ4n) is 3.00. The monoisotopic (exact) mass is 430 g/mol. The number of carbonyl (C=O) groups excluding carboxylic acids is 1. The second kappa shape index (κ2) is 11.1. The smallest absolute Gasteiger partial charge is 0.280 e. The van der Waals surface area contributed by atoms with Crippen LogP contribution in [0.1, 0.15) is 48.9 Å². The van der Waals surface area contributed by atoms with Crippen LogP contribution in [0.15, 0.2) is 77.9 Å². The molecular weight excluding hydrogens is 400 g/mol. The number of ether oxygens (including phenoxy) is 2. The highest BCUT2D eigenvalue weighted by molar-refractivity contribution is 5.84. The van der Waals surface area contributed by atoms with Crippen molar-refractivity contribution in [3.8, 4) is 11.5 Å². The Kier molecular flexibility index (Phi) is 8.03. The number of hydrazone groups is 1. The minimum absolute atomic E-state index is 0.307. The second-order valence-electron chi connectivity index (χ2n) is 8.02. The summed E-state index contributed by atoms with van der Waals surface area (Å²) in [4.78, 5) is 12.4. The molecule has 3 aromatic rings. The van der Waals surface area contributed by atoms with E-state index in [1.807, 2.05) is 73.7 Å². The minimum Gasteiger partial charge on any atom is -0.489 e. The first-order valence-corrected chi connectivity index (χ1v) is 10.8. The lowest BCUT2D eigenvalue weighted by molar-refractivity contribution is -0.127. The maximum atomic E-state index is 12.4. The number of nitrogens with zero attached hydrogens (tertiary/aromatic N) is 1. The molecule has 0 aromatic heterocycles. The van der Waals surface area contributed by atoms with Crippen LogP contribution in [0.3, 0.4) is 0 Å². The van der Waals surface area contributed by atoms with Gasteiger partial charge in [0.1, 0.15) is 18.1 Å². The zero-order valence-corrected chi connectivity index (χ0v) is 19.0. The lowest BCUT2D eigenvalue weighted by atomic mass is 10.0. The first-order chi connectivity index (χ1) is 15.4. The highest BCUT2D eigenvalue weighted by atomic mass is 16.5. The molecular formula is C27H30N2O3. The Hall–Kier alpha value is -3.60. The molecule has 0 saturated heterocycles. The van der Waals surface area contributed by atoms with E-state index in [0.717, 1.165) is 22.4 Å². The summed E-state index contributed by atoms with van der Waals surface area (Å²) in [5.74, 6) is 1.57. The van der Waals surface area contributed by atoms with Crippen molar-refractivity contribution >= 4 is 12.1 Å². The zero-order valence-electron chi connectivity index (χ0n) is 19.0. The van der Waals surface area contributed by atoms with E-state index < -0.39 is 6.10 Å². The van der Waals surface area contributed by atoms with Gasteiger partial charge in [-0.2, -0.15) is 5.10 Å². The van der Waals surface area contributed by atoms with Crippen LogP contribution in [0.25, 0.3) is 0 Å². The van der Waals surface area contributed by atoms with E-state index in [2.05, 4.69) is 30.4 Å². The van der Waals surface area contributed by atoms with Crippen LogP contribution in [0.2, 0.25) is 0 Å².